The Balaban J connectivity index is 2.61. The number of allylic oxidation sites excluding steroid dienone is 1. The Kier molecular flexibility index (Phi) is 3.14. The van der Waals surface area contributed by atoms with E-state index in [1.807, 2.05) is 13.0 Å². The molecular formula is C9H15NO2. The second-order valence-electron chi connectivity index (χ2n) is 2.86. The minimum Gasteiger partial charge on any atom is -0.464 e. The van der Waals surface area contributed by atoms with Gasteiger partial charge in [-0.1, -0.05) is 6.08 Å². The fraction of sp³-hybridized carbons (Fsp3) is 0.667. The highest BCUT2D eigenvalue weighted by molar-refractivity contribution is 5.87. The zero-order valence-electron chi connectivity index (χ0n) is 7.67. The largest absolute Gasteiger partial charge is 0.464 e. The summed E-state index contributed by atoms with van der Waals surface area (Å²) in [6.07, 6.45) is 4.17. The van der Waals surface area contributed by atoms with Gasteiger partial charge >= 0.3 is 5.97 Å². The summed E-state index contributed by atoms with van der Waals surface area (Å²) in [4.78, 5) is 13.3. The van der Waals surface area contributed by atoms with Crippen LogP contribution in [-0.2, 0) is 9.53 Å². The highest BCUT2D eigenvalue weighted by Crippen LogP contribution is 2.15. The molecule has 12 heavy (non-hydrogen) atoms. The van der Waals surface area contributed by atoms with Gasteiger partial charge in [0.1, 0.15) is 5.70 Å². The molecule has 3 nitrogen and oxygen atoms in total. The molecule has 1 heterocycles. The van der Waals surface area contributed by atoms with Gasteiger partial charge in [-0.05, 0) is 19.8 Å². The van der Waals surface area contributed by atoms with E-state index >= 15 is 0 Å². The van der Waals surface area contributed by atoms with Crippen molar-refractivity contribution in [3.8, 4) is 0 Å². The lowest BCUT2D eigenvalue weighted by molar-refractivity contribution is -0.137. The van der Waals surface area contributed by atoms with E-state index in [2.05, 4.69) is 9.64 Å². The summed E-state index contributed by atoms with van der Waals surface area (Å²) < 4.78 is 4.67. The van der Waals surface area contributed by atoms with Crippen molar-refractivity contribution in [2.75, 3.05) is 20.2 Å². The Morgan fingerprint density at radius 3 is 2.42 bits per heavy atom. The van der Waals surface area contributed by atoms with Crippen LogP contribution in [0.1, 0.15) is 19.8 Å². The van der Waals surface area contributed by atoms with Gasteiger partial charge in [0.15, 0.2) is 0 Å². The first-order valence-corrected chi connectivity index (χ1v) is 4.29. The van der Waals surface area contributed by atoms with Crippen molar-refractivity contribution in [1.29, 1.82) is 0 Å². The smallest absolute Gasteiger partial charge is 0.353 e. The predicted octanol–water partition coefficient (Wildman–Crippen LogP) is 1.16. The number of ether oxygens (including phenoxy) is 1. The van der Waals surface area contributed by atoms with Crippen LogP contribution in [-0.4, -0.2) is 31.1 Å². The summed E-state index contributed by atoms with van der Waals surface area (Å²) in [5.41, 5.74) is 0.704. The Morgan fingerprint density at radius 1 is 1.42 bits per heavy atom. The maximum atomic E-state index is 11.2. The van der Waals surface area contributed by atoms with Crippen molar-refractivity contribution in [3.63, 3.8) is 0 Å². The first-order chi connectivity index (χ1) is 5.79. The van der Waals surface area contributed by atoms with Crippen LogP contribution in [0.3, 0.4) is 0 Å². The van der Waals surface area contributed by atoms with Gasteiger partial charge in [-0.25, -0.2) is 4.79 Å². The number of hydrogen-bond acceptors (Lipinski definition) is 3. The van der Waals surface area contributed by atoms with Crippen LogP contribution in [0, 0.1) is 0 Å². The van der Waals surface area contributed by atoms with Crippen LogP contribution in [0.15, 0.2) is 11.8 Å². The van der Waals surface area contributed by atoms with E-state index in [0.29, 0.717) is 5.70 Å². The quantitative estimate of drug-likeness (QED) is 0.459. The second-order valence-corrected chi connectivity index (χ2v) is 2.86. The van der Waals surface area contributed by atoms with Gasteiger partial charge in [0.25, 0.3) is 0 Å². The molecule has 0 aliphatic carbocycles. The summed E-state index contributed by atoms with van der Waals surface area (Å²) in [7, 11) is 1.42. The van der Waals surface area contributed by atoms with E-state index < -0.39 is 0 Å². The monoisotopic (exact) mass is 169 g/mol. The van der Waals surface area contributed by atoms with Crippen molar-refractivity contribution < 1.29 is 9.53 Å². The van der Waals surface area contributed by atoms with Crippen molar-refractivity contribution >= 4 is 5.97 Å². The normalized spacial score (nSPS) is 18.2. The first kappa shape index (κ1) is 9.10. The number of likely N-dealkylation sites (tertiary alicyclic amines) is 1. The van der Waals surface area contributed by atoms with E-state index in [4.69, 9.17) is 0 Å². The Hall–Kier alpha value is -0.990. The summed E-state index contributed by atoms with van der Waals surface area (Å²) in [5.74, 6) is -0.223. The van der Waals surface area contributed by atoms with E-state index in [1.165, 1.54) is 20.0 Å². The Labute approximate surface area is 73.0 Å². The van der Waals surface area contributed by atoms with Gasteiger partial charge in [-0.3, -0.25) is 0 Å². The molecule has 0 unspecified atom stereocenters. The zero-order valence-corrected chi connectivity index (χ0v) is 7.67. The molecule has 0 spiro atoms. The maximum Gasteiger partial charge on any atom is 0.353 e. The molecule has 68 valence electrons. The number of rotatable bonds is 2. The predicted molar refractivity (Wildman–Crippen MR) is 46.6 cm³/mol. The molecule has 0 amide bonds. The third kappa shape index (κ3) is 1.78. The van der Waals surface area contributed by atoms with Crippen LogP contribution >= 0.6 is 0 Å². The third-order valence-electron chi connectivity index (χ3n) is 2.11. The number of hydrogen-bond donors (Lipinski definition) is 0. The minimum absolute atomic E-state index is 0.223. The molecule has 1 aliphatic rings. The average Bonchev–Trinajstić information content (AvgIpc) is 2.58. The van der Waals surface area contributed by atoms with Gasteiger partial charge in [0.05, 0.1) is 7.11 Å². The van der Waals surface area contributed by atoms with Crippen molar-refractivity contribution in [2.24, 2.45) is 0 Å². The number of esters is 1. The first-order valence-electron chi connectivity index (χ1n) is 4.29. The van der Waals surface area contributed by atoms with Crippen LogP contribution in [0.4, 0.5) is 0 Å². The molecule has 0 N–H and O–H groups in total. The molecule has 0 saturated carbocycles. The van der Waals surface area contributed by atoms with Crippen molar-refractivity contribution in [1.82, 2.24) is 4.90 Å². The van der Waals surface area contributed by atoms with Crippen LogP contribution in [0.5, 0.6) is 0 Å². The molecule has 1 rings (SSSR count). The Bertz CT molecular complexity index is 193. The summed E-state index contributed by atoms with van der Waals surface area (Å²) >= 11 is 0. The molecule has 0 radical (unpaired) electrons. The lowest BCUT2D eigenvalue weighted by atomic mass is 10.3. The fourth-order valence-electron chi connectivity index (χ4n) is 1.49. The fourth-order valence-corrected chi connectivity index (χ4v) is 1.49. The standard InChI is InChI=1S/C9H15NO2/c1-3-8(9(11)12-2)10-6-4-5-7-10/h3H,4-7H2,1-2H3. The van der Waals surface area contributed by atoms with Gasteiger partial charge < -0.3 is 9.64 Å². The molecule has 0 aromatic rings. The molecule has 0 bridgehead atoms. The lowest BCUT2D eigenvalue weighted by Gasteiger charge is -2.18. The lowest BCUT2D eigenvalue weighted by Crippen LogP contribution is -2.25. The maximum absolute atomic E-state index is 11.2. The molecule has 0 aromatic carbocycles. The summed E-state index contributed by atoms with van der Waals surface area (Å²) in [5, 5.41) is 0. The summed E-state index contributed by atoms with van der Waals surface area (Å²) in [6, 6.07) is 0. The van der Waals surface area contributed by atoms with Crippen molar-refractivity contribution in [2.45, 2.75) is 19.8 Å². The molecule has 1 saturated heterocycles. The third-order valence-corrected chi connectivity index (χ3v) is 2.11. The van der Waals surface area contributed by atoms with E-state index in [0.717, 1.165) is 13.1 Å². The molecule has 3 heteroatoms. The second kappa shape index (κ2) is 4.14. The molecule has 1 aliphatic heterocycles. The van der Waals surface area contributed by atoms with Crippen molar-refractivity contribution in [3.05, 3.63) is 11.8 Å². The highest BCUT2D eigenvalue weighted by Gasteiger charge is 2.19. The Morgan fingerprint density at radius 2 is 2.00 bits per heavy atom. The van der Waals surface area contributed by atoms with Crippen LogP contribution < -0.4 is 0 Å². The number of methoxy groups -OCH3 is 1. The number of carbonyl (C=O) groups is 1. The topological polar surface area (TPSA) is 29.5 Å². The van der Waals surface area contributed by atoms with Crippen LogP contribution in [0.25, 0.3) is 0 Å². The zero-order chi connectivity index (χ0) is 8.97. The average molecular weight is 169 g/mol. The van der Waals surface area contributed by atoms with Gasteiger partial charge in [-0.2, -0.15) is 0 Å². The molecular weight excluding hydrogens is 154 g/mol. The summed E-state index contributed by atoms with van der Waals surface area (Å²) in [6.45, 7) is 3.83. The van der Waals surface area contributed by atoms with Crippen LogP contribution in [0.2, 0.25) is 0 Å². The number of nitrogens with zero attached hydrogens (tertiary/aromatic N) is 1. The van der Waals surface area contributed by atoms with E-state index in [-0.39, 0.29) is 5.97 Å². The van der Waals surface area contributed by atoms with Gasteiger partial charge in [0.2, 0.25) is 0 Å². The molecule has 0 atom stereocenters. The van der Waals surface area contributed by atoms with E-state index in [9.17, 15) is 4.79 Å². The van der Waals surface area contributed by atoms with E-state index in [1.54, 1.807) is 0 Å². The SMILES string of the molecule is CC=C(C(=O)OC)N1CCCC1. The highest BCUT2D eigenvalue weighted by atomic mass is 16.5. The number of carbonyl (C=O) groups excluding carboxylic acids is 1. The molecule has 0 aromatic heterocycles. The molecule has 1 fully saturated rings. The van der Waals surface area contributed by atoms with Gasteiger partial charge in [-0.15, -0.1) is 0 Å². The van der Waals surface area contributed by atoms with Gasteiger partial charge in [0, 0.05) is 13.1 Å². The minimum atomic E-state index is -0.223.